The molecule has 0 bridgehead atoms. The average Bonchev–Trinajstić information content (AvgIpc) is 2.95. The molecule has 1 heterocycles. The third kappa shape index (κ3) is 3.19. The van der Waals surface area contributed by atoms with E-state index in [2.05, 4.69) is 5.32 Å². The van der Waals surface area contributed by atoms with Crippen molar-refractivity contribution in [2.45, 2.75) is 18.6 Å². The lowest BCUT2D eigenvalue weighted by Crippen LogP contribution is -2.36. The largest absolute Gasteiger partial charge is 0.484 e. The summed E-state index contributed by atoms with van der Waals surface area (Å²) in [6, 6.07) is 15.3. The van der Waals surface area contributed by atoms with Gasteiger partial charge in [-0.1, -0.05) is 24.3 Å². The first-order valence-corrected chi connectivity index (χ1v) is 8.32. The van der Waals surface area contributed by atoms with Crippen LogP contribution in [0, 0.1) is 0 Å². The zero-order chi connectivity index (χ0) is 18.1. The van der Waals surface area contributed by atoms with Gasteiger partial charge in [0, 0.05) is 23.9 Å². The Kier molecular flexibility index (Phi) is 4.18. The van der Waals surface area contributed by atoms with Crippen molar-refractivity contribution >= 4 is 16.9 Å². The minimum Gasteiger partial charge on any atom is -0.484 e. The summed E-state index contributed by atoms with van der Waals surface area (Å²) in [6.07, 6.45) is -0.127. The molecular formula is C20H17NO5. The second kappa shape index (κ2) is 6.65. The molecule has 4 rings (SSSR count). The first-order chi connectivity index (χ1) is 12.6. The van der Waals surface area contributed by atoms with E-state index in [-0.39, 0.29) is 12.5 Å². The summed E-state index contributed by atoms with van der Waals surface area (Å²) >= 11 is 0. The van der Waals surface area contributed by atoms with Crippen LogP contribution in [-0.2, 0) is 11.2 Å². The van der Waals surface area contributed by atoms with Gasteiger partial charge in [-0.2, -0.15) is 0 Å². The Morgan fingerprint density at radius 2 is 2.00 bits per heavy atom. The van der Waals surface area contributed by atoms with Crippen LogP contribution in [0.2, 0.25) is 0 Å². The van der Waals surface area contributed by atoms with Gasteiger partial charge in [0.15, 0.2) is 6.61 Å². The molecule has 2 N–H and O–H groups in total. The molecule has 1 aromatic heterocycles. The smallest absolute Gasteiger partial charge is 0.336 e. The lowest BCUT2D eigenvalue weighted by Gasteiger charge is -2.18. The Labute approximate surface area is 149 Å². The van der Waals surface area contributed by atoms with Gasteiger partial charge in [-0.3, -0.25) is 4.79 Å². The van der Waals surface area contributed by atoms with Crippen LogP contribution in [-0.4, -0.2) is 23.7 Å². The van der Waals surface area contributed by atoms with Crippen molar-refractivity contribution in [1.29, 1.82) is 0 Å². The molecule has 0 saturated carbocycles. The SMILES string of the molecule is O=C(COc1ccc2ccc(=O)oc2c1)N[C@H]1c2ccccc2C[C@H]1O. The summed E-state index contributed by atoms with van der Waals surface area (Å²) in [4.78, 5) is 23.5. The van der Waals surface area contributed by atoms with Crippen molar-refractivity contribution in [2.75, 3.05) is 6.61 Å². The van der Waals surface area contributed by atoms with Crippen LogP contribution in [0.5, 0.6) is 5.75 Å². The summed E-state index contributed by atoms with van der Waals surface area (Å²) in [5, 5.41) is 13.8. The Bertz CT molecular complexity index is 1030. The molecule has 0 aliphatic heterocycles. The zero-order valence-electron chi connectivity index (χ0n) is 13.8. The molecule has 1 amide bonds. The predicted molar refractivity (Wildman–Crippen MR) is 95.0 cm³/mol. The molecule has 3 aromatic rings. The summed E-state index contributed by atoms with van der Waals surface area (Å²) in [6.45, 7) is -0.200. The molecule has 6 nitrogen and oxygen atoms in total. The van der Waals surface area contributed by atoms with Crippen LogP contribution in [0.25, 0.3) is 11.0 Å². The highest BCUT2D eigenvalue weighted by molar-refractivity contribution is 5.79. The van der Waals surface area contributed by atoms with Crippen molar-refractivity contribution in [1.82, 2.24) is 5.32 Å². The number of ether oxygens (including phenoxy) is 1. The highest BCUT2D eigenvalue weighted by atomic mass is 16.5. The topological polar surface area (TPSA) is 88.8 Å². The first-order valence-electron chi connectivity index (χ1n) is 8.32. The molecule has 1 aliphatic carbocycles. The number of carbonyl (C=O) groups excluding carboxylic acids is 1. The number of aliphatic hydroxyl groups excluding tert-OH is 1. The predicted octanol–water partition coefficient (Wildman–Crippen LogP) is 1.95. The fourth-order valence-corrected chi connectivity index (χ4v) is 3.24. The molecule has 0 radical (unpaired) electrons. The van der Waals surface area contributed by atoms with Gasteiger partial charge in [0.2, 0.25) is 0 Å². The normalized spacial score (nSPS) is 18.5. The summed E-state index contributed by atoms with van der Waals surface area (Å²) in [7, 11) is 0. The average molecular weight is 351 g/mol. The second-order valence-corrected chi connectivity index (χ2v) is 6.26. The Morgan fingerprint density at radius 3 is 2.88 bits per heavy atom. The lowest BCUT2D eigenvalue weighted by molar-refractivity contribution is -0.124. The highest BCUT2D eigenvalue weighted by Gasteiger charge is 2.31. The molecule has 2 aromatic carbocycles. The third-order valence-electron chi connectivity index (χ3n) is 4.48. The number of rotatable bonds is 4. The van der Waals surface area contributed by atoms with E-state index in [1.165, 1.54) is 6.07 Å². The number of aliphatic hydroxyl groups is 1. The second-order valence-electron chi connectivity index (χ2n) is 6.26. The van der Waals surface area contributed by atoms with Gasteiger partial charge in [0.05, 0.1) is 12.1 Å². The third-order valence-corrected chi connectivity index (χ3v) is 4.48. The molecule has 132 valence electrons. The number of nitrogens with one attached hydrogen (secondary N) is 1. The van der Waals surface area contributed by atoms with Crippen LogP contribution in [0.1, 0.15) is 17.2 Å². The maximum Gasteiger partial charge on any atom is 0.336 e. The van der Waals surface area contributed by atoms with Crippen LogP contribution in [0.15, 0.2) is 63.8 Å². The first kappa shape index (κ1) is 16.4. The monoisotopic (exact) mass is 351 g/mol. The Morgan fingerprint density at radius 1 is 1.19 bits per heavy atom. The van der Waals surface area contributed by atoms with Gasteiger partial charge in [-0.05, 0) is 29.3 Å². The number of fused-ring (bicyclic) bond motifs is 2. The maximum absolute atomic E-state index is 12.2. The fraction of sp³-hybridized carbons (Fsp3) is 0.200. The molecule has 0 fully saturated rings. The number of hydrogen-bond donors (Lipinski definition) is 2. The summed E-state index contributed by atoms with van der Waals surface area (Å²) in [5.74, 6) is 0.0923. The molecule has 2 atom stereocenters. The molecule has 1 aliphatic rings. The van der Waals surface area contributed by atoms with Gasteiger partial charge < -0.3 is 19.6 Å². The standard InChI is InChI=1S/C20H17NO5/c22-16-9-13-3-1-2-4-15(13)20(16)21-18(23)11-25-14-7-5-12-6-8-19(24)26-17(12)10-14/h1-8,10,16,20,22H,9,11H2,(H,21,23)/t16-,20+/m1/s1. The van der Waals surface area contributed by atoms with Crippen molar-refractivity contribution in [2.24, 2.45) is 0 Å². The summed E-state index contributed by atoms with van der Waals surface area (Å²) in [5.41, 5.74) is 1.92. The summed E-state index contributed by atoms with van der Waals surface area (Å²) < 4.78 is 10.6. The van der Waals surface area contributed by atoms with Crippen LogP contribution in [0.3, 0.4) is 0 Å². The van der Waals surface area contributed by atoms with Crippen LogP contribution < -0.4 is 15.7 Å². The van der Waals surface area contributed by atoms with E-state index in [9.17, 15) is 14.7 Å². The minimum absolute atomic E-state index is 0.200. The van der Waals surface area contributed by atoms with E-state index in [0.717, 1.165) is 16.5 Å². The highest BCUT2D eigenvalue weighted by Crippen LogP contribution is 2.31. The van der Waals surface area contributed by atoms with Gasteiger partial charge >= 0.3 is 5.63 Å². The van der Waals surface area contributed by atoms with Gasteiger partial charge in [0.25, 0.3) is 5.91 Å². The van der Waals surface area contributed by atoms with E-state index in [4.69, 9.17) is 9.15 Å². The quantitative estimate of drug-likeness (QED) is 0.702. The molecule has 0 unspecified atom stereocenters. The molecular weight excluding hydrogens is 334 g/mol. The van der Waals surface area contributed by atoms with E-state index >= 15 is 0 Å². The minimum atomic E-state index is -0.647. The van der Waals surface area contributed by atoms with Gasteiger partial charge in [-0.15, -0.1) is 0 Å². The van der Waals surface area contributed by atoms with Crippen molar-refractivity contribution in [3.05, 3.63) is 76.1 Å². The van der Waals surface area contributed by atoms with E-state index in [1.54, 1.807) is 24.3 Å². The molecule has 0 saturated heterocycles. The van der Waals surface area contributed by atoms with Gasteiger partial charge in [0.1, 0.15) is 11.3 Å². The lowest BCUT2D eigenvalue weighted by atomic mass is 10.1. The number of carbonyl (C=O) groups is 1. The van der Waals surface area contributed by atoms with Crippen LogP contribution in [0.4, 0.5) is 0 Å². The van der Waals surface area contributed by atoms with Crippen molar-refractivity contribution < 1.29 is 19.1 Å². The van der Waals surface area contributed by atoms with E-state index in [1.807, 2.05) is 24.3 Å². The number of benzene rings is 2. The maximum atomic E-state index is 12.2. The number of hydrogen-bond acceptors (Lipinski definition) is 5. The zero-order valence-corrected chi connectivity index (χ0v) is 13.8. The van der Waals surface area contributed by atoms with Crippen molar-refractivity contribution in [3.63, 3.8) is 0 Å². The van der Waals surface area contributed by atoms with E-state index in [0.29, 0.717) is 17.8 Å². The molecule has 0 spiro atoms. The van der Waals surface area contributed by atoms with E-state index < -0.39 is 17.8 Å². The molecule has 6 heteroatoms. The Balaban J connectivity index is 1.42. The van der Waals surface area contributed by atoms with Crippen molar-refractivity contribution in [3.8, 4) is 5.75 Å². The Hall–Kier alpha value is -3.12. The van der Waals surface area contributed by atoms with Gasteiger partial charge in [-0.25, -0.2) is 4.79 Å². The number of amides is 1. The molecule has 26 heavy (non-hydrogen) atoms. The fourth-order valence-electron chi connectivity index (χ4n) is 3.24. The van der Waals surface area contributed by atoms with Crippen LogP contribution >= 0.6 is 0 Å².